The highest BCUT2D eigenvalue weighted by atomic mass is 35.5. The van der Waals surface area contributed by atoms with Crippen LogP contribution in [-0.4, -0.2) is 40.2 Å². The molecule has 8 heteroatoms. The molecule has 0 saturated carbocycles. The molecule has 2 unspecified atom stereocenters. The monoisotopic (exact) mass is 346 g/mol. The van der Waals surface area contributed by atoms with Crippen LogP contribution in [0.4, 0.5) is 11.5 Å². The molecule has 3 heterocycles. The van der Waals surface area contributed by atoms with E-state index in [1.807, 2.05) is 6.07 Å². The molecule has 1 aromatic carbocycles. The fourth-order valence-corrected chi connectivity index (χ4v) is 3.45. The van der Waals surface area contributed by atoms with E-state index in [-0.39, 0.29) is 23.2 Å². The molecule has 2 atom stereocenters. The zero-order valence-electron chi connectivity index (χ0n) is 12.8. The first-order valence-corrected chi connectivity index (χ1v) is 8.16. The van der Waals surface area contributed by atoms with Gasteiger partial charge in [0.05, 0.1) is 22.8 Å². The van der Waals surface area contributed by atoms with Gasteiger partial charge in [-0.2, -0.15) is 0 Å². The Bertz CT molecular complexity index is 771. The number of rotatable bonds is 3. The number of anilines is 1. The van der Waals surface area contributed by atoms with Crippen molar-refractivity contribution in [2.45, 2.75) is 25.0 Å². The molecule has 0 aliphatic carbocycles. The second kappa shape index (κ2) is 5.99. The summed E-state index contributed by atoms with van der Waals surface area (Å²) in [5, 5.41) is 10.9. The zero-order valence-corrected chi connectivity index (χ0v) is 13.5. The molecule has 0 amide bonds. The van der Waals surface area contributed by atoms with Gasteiger partial charge in [0, 0.05) is 36.9 Å². The largest absolute Gasteiger partial charge is 0.371 e. The van der Waals surface area contributed by atoms with Crippen LogP contribution >= 0.6 is 11.6 Å². The van der Waals surface area contributed by atoms with Crippen LogP contribution in [0.25, 0.3) is 11.3 Å². The van der Waals surface area contributed by atoms with Crippen LogP contribution in [0.15, 0.2) is 30.3 Å². The van der Waals surface area contributed by atoms with Gasteiger partial charge >= 0.3 is 0 Å². The average Bonchev–Trinajstić information content (AvgIpc) is 2.92. The third kappa shape index (κ3) is 2.92. The highest BCUT2D eigenvalue weighted by Crippen LogP contribution is 2.31. The molecule has 0 radical (unpaired) electrons. The number of nitro groups is 1. The number of morpholine rings is 1. The number of hydrogen-bond acceptors (Lipinski definition) is 6. The molecule has 2 saturated heterocycles. The van der Waals surface area contributed by atoms with Crippen molar-refractivity contribution in [1.82, 2.24) is 9.97 Å². The highest BCUT2D eigenvalue weighted by Gasteiger charge is 2.34. The van der Waals surface area contributed by atoms with Crippen LogP contribution in [0.1, 0.15) is 12.8 Å². The number of halogens is 1. The predicted molar refractivity (Wildman–Crippen MR) is 89.2 cm³/mol. The van der Waals surface area contributed by atoms with E-state index in [2.05, 4.69) is 14.9 Å². The van der Waals surface area contributed by atoms with Gasteiger partial charge in [-0.15, -0.1) is 0 Å². The normalized spacial score (nSPS) is 22.6. The molecule has 4 rings (SSSR count). The highest BCUT2D eigenvalue weighted by molar-refractivity contribution is 6.28. The van der Waals surface area contributed by atoms with E-state index in [0.29, 0.717) is 5.69 Å². The predicted octanol–water partition coefficient (Wildman–Crippen LogP) is 3.07. The van der Waals surface area contributed by atoms with Crippen LogP contribution in [0.5, 0.6) is 0 Å². The lowest BCUT2D eigenvalue weighted by Crippen LogP contribution is -2.43. The van der Waals surface area contributed by atoms with E-state index >= 15 is 0 Å². The van der Waals surface area contributed by atoms with Gasteiger partial charge in [0.1, 0.15) is 5.82 Å². The quantitative estimate of drug-likeness (QED) is 0.482. The van der Waals surface area contributed by atoms with Crippen molar-refractivity contribution in [3.63, 3.8) is 0 Å². The maximum atomic E-state index is 10.8. The summed E-state index contributed by atoms with van der Waals surface area (Å²) < 4.78 is 5.85. The van der Waals surface area contributed by atoms with Crippen molar-refractivity contribution >= 4 is 23.1 Å². The summed E-state index contributed by atoms with van der Waals surface area (Å²) in [4.78, 5) is 21.1. The molecule has 1 aromatic heterocycles. The molecular formula is C16H15ClN4O3. The van der Waals surface area contributed by atoms with Crippen molar-refractivity contribution in [3.05, 3.63) is 45.7 Å². The summed E-state index contributed by atoms with van der Waals surface area (Å²) >= 11 is 6.10. The smallest absolute Gasteiger partial charge is 0.269 e. The number of aromatic nitrogens is 2. The van der Waals surface area contributed by atoms with Crippen LogP contribution < -0.4 is 4.90 Å². The maximum Gasteiger partial charge on any atom is 0.269 e. The lowest BCUT2D eigenvalue weighted by molar-refractivity contribution is -0.384. The first-order chi connectivity index (χ1) is 11.6. The number of fused-ring (bicyclic) bond motifs is 2. The van der Waals surface area contributed by atoms with Gasteiger partial charge in [0.15, 0.2) is 0 Å². The Morgan fingerprint density at radius 1 is 1.17 bits per heavy atom. The fourth-order valence-electron chi connectivity index (χ4n) is 3.27. The number of non-ortho nitro benzene ring substituents is 1. The second-order valence-electron chi connectivity index (χ2n) is 6.05. The van der Waals surface area contributed by atoms with Crippen molar-refractivity contribution in [1.29, 1.82) is 0 Å². The molecule has 2 aliphatic rings. The van der Waals surface area contributed by atoms with Gasteiger partial charge in [0.25, 0.3) is 5.69 Å². The van der Waals surface area contributed by atoms with Crippen molar-refractivity contribution < 1.29 is 9.66 Å². The standard InChI is InChI=1S/C16H15ClN4O3/c17-16-18-14(10-1-3-11(4-2-10)21(22)23)7-15(19-16)20-8-12-5-6-13(9-20)24-12/h1-4,7,12-13H,5-6,8-9H2. The molecule has 0 N–H and O–H groups in total. The number of nitro benzene ring substituents is 1. The second-order valence-corrected chi connectivity index (χ2v) is 6.38. The number of nitrogens with zero attached hydrogens (tertiary/aromatic N) is 4. The zero-order chi connectivity index (χ0) is 16.7. The molecule has 0 spiro atoms. The molecule has 2 bridgehead atoms. The SMILES string of the molecule is O=[N+]([O-])c1ccc(-c2cc(N3CC4CCC(C3)O4)nc(Cl)n2)cc1. The van der Waals surface area contributed by atoms with Crippen LogP contribution in [0.2, 0.25) is 5.28 Å². The minimum absolute atomic E-state index is 0.0453. The Kier molecular flexibility index (Phi) is 3.82. The van der Waals surface area contributed by atoms with Crippen LogP contribution in [0.3, 0.4) is 0 Å². The number of hydrogen-bond donors (Lipinski definition) is 0. The Morgan fingerprint density at radius 2 is 1.83 bits per heavy atom. The molecule has 24 heavy (non-hydrogen) atoms. The maximum absolute atomic E-state index is 10.8. The Labute approximate surface area is 143 Å². The van der Waals surface area contributed by atoms with Crippen molar-refractivity contribution in [3.8, 4) is 11.3 Å². The lowest BCUT2D eigenvalue weighted by Gasteiger charge is -2.33. The topological polar surface area (TPSA) is 81.4 Å². The number of benzene rings is 1. The Morgan fingerprint density at radius 3 is 2.46 bits per heavy atom. The number of ether oxygens (including phenoxy) is 1. The van der Waals surface area contributed by atoms with Crippen LogP contribution in [0, 0.1) is 10.1 Å². The third-order valence-corrected chi connectivity index (χ3v) is 4.60. The van der Waals surface area contributed by atoms with E-state index in [1.165, 1.54) is 12.1 Å². The van der Waals surface area contributed by atoms with E-state index in [9.17, 15) is 10.1 Å². The van der Waals surface area contributed by atoms with E-state index < -0.39 is 4.92 Å². The van der Waals surface area contributed by atoms with Gasteiger partial charge < -0.3 is 9.64 Å². The minimum atomic E-state index is -0.425. The molecule has 7 nitrogen and oxygen atoms in total. The summed E-state index contributed by atoms with van der Waals surface area (Å²) in [6.45, 7) is 1.59. The molecular weight excluding hydrogens is 332 g/mol. The van der Waals surface area contributed by atoms with Crippen molar-refractivity contribution in [2.24, 2.45) is 0 Å². The van der Waals surface area contributed by atoms with Gasteiger partial charge in [0.2, 0.25) is 5.28 Å². The Hall–Kier alpha value is -2.25. The summed E-state index contributed by atoms with van der Waals surface area (Å²) in [6.07, 6.45) is 2.66. The summed E-state index contributed by atoms with van der Waals surface area (Å²) in [5.41, 5.74) is 1.46. The Balaban J connectivity index is 1.65. The average molecular weight is 347 g/mol. The van der Waals surface area contributed by atoms with E-state index in [1.54, 1.807) is 12.1 Å². The third-order valence-electron chi connectivity index (χ3n) is 4.43. The first kappa shape index (κ1) is 15.3. The lowest BCUT2D eigenvalue weighted by atomic mass is 10.1. The van der Waals surface area contributed by atoms with Crippen LogP contribution in [-0.2, 0) is 4.74 Å². The molecule has 2 aliphatic heterocycles. The summed E-state index contributed by atoms with van der Waals surface area (Å²) in [5.74, 6) is 0.767. The molecule has 2 aromatic rings. The van der Waals surface area contributed by atoms with Gasteiger partial charge in [-0.05, 0) is 36.6 Å². The van der Waals surface area contributed by atoms with E-state index in [0.717, 1.165) is 37.3 Å². The summed E-state index contributed by atoms with van der Waals surface area (Å²) in [7, 11) is 0. The van der Waals surface area contributed by atoms with Gasteiger partial charge in [-0.1, -0.05) is 0 Å². The first-order valence-electron chi connectivity index (χ1n) is 7.78. The molecule has 2 fully saturated rings. The fraction of sp³-hybridized carbons (Fsp3) is 0.375. The van der Waals surface area contributed by atoms with Crippen molar-refractivity contribution in [2.75, 3.05) is 18.0 Å². The molecule has 124 valence electrons. The minimum Gasteiger partial charge on any atom is -0.371 e. The van der Waals surface area contributed by atoms with Gasteiger partial charge in [-0.3, -0.25) is 10.1 Å². The van der Waals surface area contributed by atoms with E-state index in [4.69, 9.17) is 16.3 Å². The van der Waals surface area contributed by atoms with Gasteiger partial charge in [-0.25, -0.2) is 9.97 Å². The summed E-state index contributed by atoms with van der Waals surface area (Å²) in [6, 6.07) is 8.13.